The van der Waals surface area contributed by atoms with Crippen molar-refractivity contribution in [3.05, 3.63) is 47.5 Å². The van der Waals surface area contributed by atoms with Crippen LogP contribution in [0.1, 0.15) is 54.8 Å². The summed E-state index contributed by atoms with van der Waals surface area (Å²) < 4.78 is 2.07. The van der Waals surface area contributed by atoms with Crippen molar-refractivity contribution in [3.63, 3.8) is 0 Å². The molecule has 0 saturated heterocycles. The second-order valence-corrected chi connectivity index (χ2v) is 5.68. The molecule has 2 aromatic heterocycles. The lowest BCUT2D eigenvalue weighted by Gasteiger charge is -2.10. The van der Waals surface area contributed by atoms with Crippen LogP contribution in [0.15, 0.2) is 30.6 Å². The minimum atomic E-state index is -0.532. The summed E-state index contributed by atoms with van der Waals surface area (Å²) >= 11 is 0. The van der Waals surface area contributed by atoms with Gasteiger partial charge in [-0.3, -0.25) is 9.67 Å². The Balaban J connectivity index is 1.66. The summed E-state index contributed by atoms with van der Waals surface area (Å²) in [5.41, 5.74) is 2.77. The molecule has 20 heavy (non-hydrogen) atoms. The van der Waals surface area contributed by atoms with Crippen molar-refractivity contribution in [2.45, 2.75) is 51.2 Å². The van der Waals surface area contributed by atoms with Gasteiger partial charge in [0.2, 0.25) is 0 Å². The predicted octanol–water partition coefficient (Wildman–Crippen LogP) is 2.98. The average Bonchev–Trinajstić information content (AvgIpc) is 3.09. The van der Waals surface area contributed by atoms with Crippen LogP contribution < -0.4 is 0 Å². The zero-order chi connectivity index (χ0) is 13.9. The number of nitrogens with zero attached hydrogens (tertiary/aromatic N) is 3. The fourth-order valence-corrected chi connectivity index (χ4v) is 2.85. The van der Waals surface area contributed by atoms with Crippen LogP contribution >= 0.6 is 0 Å². The lowest BCUT2D eigenvalue weighted by Crippen LogP contribution is -2.07. The monoisotopic (exact) mass is 271 g/mol. The number of pyridine rings is 1. The largest absolute Gasteiger partial charge is 0.388 e. The van der Waals surface area contributed by atoms with Gasteiger partial charge in [0.1, 0.15) is 0 Å². The number of aromatic nitrogens is 3. The maximum atomic E-state index is 10.3. The number of aliphatic hydroxyl groups excluding tert-OH is 1. The van der Waals surface area contributed by atoms with Gasteiger partial charge in [0.25, 0.3) is 0 Å². The van der Waals surface area contributed by atoms with Crippen molar-refractivity contribution in [1.29, 1.82) is 0 Å². The lowest BCUT2D eigenvalue weighted by atomic mass is 10.1. The molecule has 1 aliphatic carbocycles. The van der Waals surface area contributed by atoms with Crippen LogP contribution in [0.3, 0.4) is 0 Å². The Bertz CT molecular complexity index is 555. The van der Waals surface area contributed by atoms with Gasteiger partial charge in [-0.05, 0) is 37.5 Å². The molecule has 0 bridgehead atoms. The molecule has 4 heteroatoms. The third kappa shape index (κ3) is 2.90. The van der Waals surface area contributed by atoms with Gasteiger partial charge in [0.05, 0.1) is 17.8 Å². The zero-order valence-corrected chi connectivity index (χ0v) is 11.9. The first-order valence-electron chi connectivity index (χ1n) is 7.37. The molecular formula is C16H21N3O. The van der Waals surface area contributed by atoms with E-state index in [0.29, 0.717) is 12.5 Å². The molecule has 0 amide bonds. The minimum Gasteiger partial charge on any atom is -0.388 e. The summed E-state index contributed by atoms with van der Waals surface area (Å²) in [5.74, 6) is 0. The fraction of sp³-hybridized carbons (Fsp3) is 0.500. The minimum absolute atomic E-state index is 0.532. The van der Waals surface area contributed by atoms with Crippen molar-refractivity contribution < 1.29 is 5.11 Å². The Morgan fingerprint density at radius 3 is 2.80 bits per heavy atom. The Kier molecular flexibility index (Phi) is 3.83. The van der Waals surface area contributed by atoms with Crippen LogP contribution in [0.25, 0.3) is 0 Å². The van der Waals surface area contributed by atoms with E-state index in [1.165, 1.54) is 25.7 Å². The van der Waals surface area contributed by atoms with E-state index in [0.717, 1.165) is 17.0 Å². The predicted molar refractivity (Wildman–Crippen MR) is 77.4 cm³/mol. The first-order chi connectivity index (χ1) is 9.72. The summed E-state index contributed by atoms with van der Waals surface area (Å²) in [4.78, 5) is 4.22. The van der Waals surface area contributed by atoms with Crippen molar-refractivity contribution >= 4 is 0 Å². The Morgan fingerprint density at radius 2 is 2.10 bits per heavy atom. The second-order valence-electron chi connectivity index (χ2n) is 5.68. The molecule has 0 aliphatic heterocycles. The molecule has 1 saturated carbocycles. The molecular weight excluding hydrogens is 250 g/mol. The molecule has 1 atom stereocenters. The van der Waals surface area contributed by atoms with Gasteiger partial charge in [-0.1, -0.05) is 18.9 Å². The average molecular weight is 271 g/mol. The van der Waals surface area contributed by atoms with E-state index in [9.17, 15) is 5.11 Å². The molecule has 3 rings (SSSR count). The van der Waals surface area contributed by atoms with Crippen LogP contribution in [0, 0.1) is 6.92 Å². The summed E-state index contributed by atoms with van der Waals surface area (Å²) in [7, 11) is 0. The first kappa shape index (κ1) is 13.3. The van der Waals surface area contributed by atoms with Gasteiger partial charge in [0, 0.05) is 24.5 Å². The molecule has 0 aromatic carbocycles. The lowest BCUT2D eigenvalue weighted by molar-refractivity contribution is 0.176. The number of hydrogen-bond acceptors (Lipinski definition) is 3. The highest BCUT2D eigenvalue weighted by Crippen LogP contribution is 2.29. The van der Waals surface area contributed by atoms with Crippen molar-refractivity contribution in [2.24, 2.45) is 0 Å². The van der Waals surface area contributed by atoms with Crippen LogP contribution in [-0.2, 0) is 6.42 Å². The maximum absolute atomic E-state index is 10.3. The van der Waals surface area contributed by atoms with Crippen molar-refractivity contribution in [1.82, 2.24) is 14.8 Å². The van der Waals surface area contributed by atoms with Gasteiger partial charge in [-0.15, -0.1) is 0 Å². The zero-order valence-electron chi connectivity index (χ0n) is 11.9. The highest BCUT2D eigenvalue weighted by atomic mass is 16.3. The third-order valence-electron chi connectivity index (χ3n) is 4.08. The van der Waals surface area contributed by atoms with Crippen LogP contribution in [0.2, 0.25) is 0 Å². The molecule has 1 unspecified atom stereocenters. The van der Waals surface area contributed by atoms with Crippen molar-refractivity contribution in [3.8, 4) is 0 Å². The quantitative estimate of drug-likeness (QED) is 0.930. The molecule has 106 valence electrons. The molecule has 2 heterocycles. The summed E-state index contributed by atoms with van der Waals surface area (Å²) in [6.07, 6.45) is 8.87. The van der Waals surface area contributed by atoms with E-state index in [2.05, 4.69) is 14.8 Å². The second kappa shape index (κ2) is 5.75. The van der Waals surface area contributed by atoms with Gasteiger partial charge in [-0.2, -0.15) is 5.10 Å². The molecule has 0 spiro atoms. The topological polar surface area (TPSA) is 50.9 Å². The summed E-state index contributed by atoms with van der Waals surface area (Å²) in [5, 5.41) is 14.9. The van der Waals surface area contributed by atoms with E-state index < -0.39 is 6.10 Å². The van der Waals surface area contributed by atoms with E-state index >= 15 is 0 Å². The van der Waals surface area contributed by atoms with Crippen LogP contribution in [0.4, 0.5) is 0 Å². The molecule has 1 aliphatic rings. The van der Waals surface area contributed by atoms with E-state index in [4.69, 9.17) is 0 Å². The normalized spacial score (nSPS) is 17.5. The molecule has 2 aromatic rings. The van der Waals surface area contributed by atoms with Gasteiger partial charge in [-0.25, -0.2) is 0 Å². The highest BCUT2D eigenvalue weighted by molar-refractivity contribution is 5.17. The van der Waals surface area contributed by atoms with Gasteiger partial charge < -0.3 is 5.11 Å². The standard InChI is InChI=1S/C16H21N3O/c1-12-6-7-13(11-17-12)16(20)10-14-8-9-19(18-14)15-4-2-3-5-15/h6-9,11,15-16,20H,2-5,10H2,1H3. The van der Waals surface area contributed by atoms with Crippen molar-refractivity contribution in [2.75, 3.05) is 0 Å². The highest BCUT2D eigenvalue weighted by Gasteiger charge is 2.18. The SMILES string of the molecule is Cc1ccc(C(O)Cc2ccn(C3CCCC3)n2)cn1. The summed E-state index contributed by atoms with van der Waals surface area (Å²) in [6.45, 7) is 1.94. The Labute approximate surface area is 119 Å². The molecule has 1 fully saturated rings. The number of aryl methyl sites for hydroxylation is 1. The van der Waals surface area contributed by atoms with Crippen LogP contribution in [-0.4, -0.2) is 19.9 Å². The third-order valence-corrected chi connectivity index (χ3v) is 4.08. The molecule has 0 radical (unpaired) electrons. The van der Waals surface area contributed by atoms with E-state index in [-0.39, 0.29) is 0 Å². The van der Waals surface area contributed by atoms with Gasteiger partial charge in [0.15, 0.2) is 0 Å². The smallest absolute Gasteiger partial charge is 0.0861 e. The Hall–Kier alpha value is -1.68. The number of aliphatic hydroxyl groups is 1. The molecule has 4 nitrogen and oxygen atoms in total. The van der Waals surface area contributed by atoms with E-state index in [1.54, 1.807) is 6.20 Å². The first-order valence-corrected chi connectivity index (χ1v) is 7.37. The number of rotatable bonds is 4. The molecule has 1 N–H and O–H groups in total. The summed E-state index contributed by atoms with van der Waals surface area (Å²) in [6, 6.07) is 6.43. The Morgan fingerprint density at radius 1 is 1.30 bits per heavy atom. The van der Waals surface area contributed by atoms with Crippen LogP contribution in [0.5, 0.6) is 0 Å². The number of hydrogen-bond donors (Lipinski definition) is 1. The fourth-order valence-electron chi connectivity index (χ4n) is 2.85. The maximum Gasteiger partial charge on any atom is 0.0861 e. The van der Waals surface area contributed by atoms with Gasteiger partial charge >= 0.3 is 0 Å². The van der Waals surface area contributed by atoms with E-state index in [1.807, 2.05) is 31.3 Å².